The number of rotatable bonds is 6. The highest BCUT2D eigenvalue weighted by atomic mass is 16.1. The third-order valence-electron chi connectivity index (χ3n) is 2.70. The zero-order valence-corrected chi connectivity index (χ0v) is 10.5. The summed E-state index contributed by atoms with van der Waals surface area (Å²) in [5, 5.41) is 2.92. The van der Waals surface area contributed by atoms with E-state index in [-0.39, 0.29) is 5.91 Å². The first-order chi connectivity index (χ1) is 8.19. The maximum atomic E-state index is 11.9. The van der Waals surface area contributed by atoms with E-state index >= 15 is 0 Å². The van der Waals surface area contributed by atoms with E-state index in [1.165, 1.54) is 0 Å². The molecule has 0 aliphatic carbocycles. The molecule has 4 N–H and O–H groups in total. The second-order valence-corrected chi connectivity index (χ2v) is 4.14. The number of hydrogen-bond donors (Lipinski definition) is 3. The molecule has 0 atom stereocenters. The van der Waals surface area contributed by atoms with Crippen molar-refractivity contribution >= 4 is 11.6 Å². The average molecular weight is 235 g/mol. The number of benzene rings is 1. The van der Waals surface area contributed by atoms with Gasteiger partial charge in [-0.2, -0.15) is 0 Å². The summed E-state index contributed by atoms with van der Waals surface area (Å²) in [6, 6.07) is 5.45. The number of carbonyl (C=O) groups is 1. The molecule has 0 aromatic heterocycles. The lowest BCUT2D eigenvalue weighted by Crippen LogP contribution is -2.25. The molecule has 1 rings (SSSR count). The predicted octanol–water partition coefficient (Wildman–Crippen LogP) is 2.20. The predicted molar refractivity (Wildman–Crippen MR) is 70.8 cm³/mol. The number of nitrogens with two attached hydrogens (primary N) is 1. The molecule has 0 saturated heterocycles. The van der Waals surface area contributed by atoms with Gasteiger partial charge in [0.25, 0.3) is 5.91 Å². The molecule has 94 valence electrons. The number of nitrogen functional groups attached to an aromatic ring is 1. The van der Waals surface area contributed by atoms with E-state index in [4.69, 9.17) is 5.84 Å². The maximum Gasteiger partial charge on any atom is 0.251 e. The minimum absolute atomic E-state index is 0.0119. The Morgan fingerprint density at radius 2 is 2.12 bits per heavy atom. The van der Waals surface area contributed by atoms with Crippen LogP contribution in [0.2, 0.25) is 0 Å². The summed E-state index contributed by atoms with van der Waals surface area (Å²) < 4.78 is 0. The Balaban J connectivity index is 2.57. The van der Waals surface area contributed by atoms with Gasteiger partial charge in [0.1, 0.15) is 0 Å². The van der Waals surface area contributed by atoms with Crippen LogP contribution in [0.5, 0.6) is 0 Å². The Bertz CT molecular complexity index is 377. The summed E-state index contributed by atoms with van der Waals surface area (Å²) in [6.45, 7) is 4.79. The standard InChI is InChI=1S/C13H21N3O/c1-3-4-5-8-15-13(17)12-7-6-11(16-14)9-10(12)2/h6-7,9,16H,3-5,8,14H2,1-2H3,(H,15,17). The fourth-order valence-corrected chi connectivity index (χ4v) is 1.68. The maximum absolute atomic E-state index is 11.9. The van der Waals surface area contributed by atoms with E-state index in [9.17, 15) is 4.79 Å². The monoisotopic (exact) mass is 235 g/mol. The van der Waals surface area contributed by atoms with E-state index in [2.05, 4.69) is 17.7 Å². The number of aryl methyl sites for hydroxylation is 1. The molecule has 1 aromatic rings. The van der Waals surface area contributed by atoms with Crippen LogP contribution in [-0.4, -0.2) is 12.5 Å². The Kier molecular flexibility index (Phi) is 5.49. The molecule has 0 fully saturated rings. The first-order valence-corrected chi connectivity index (χ1v) is 6.04. The van der Waals surface area contributed by atoms with Crippen LogP contribution in [0.4, 0.5) is 5.69 Å². The topological polar surface area (TPSA) is 67.2 Å². The van der Waals surface area contributed by atoms with Crippen LogP contribution in [-0.2, 0) is 0 Å². The molecule has 1 aromatic carbocycles. The summed E-state index contributed by atoms with van der Waals surface area (Å²) in [4.78, 5) is 11.9. The summed E-state index contributed by atoms with van der Waals surface area (Å²) in [7, 11) is 0. The van der Waals surface area contributed by atoms with Gasteiger partial charge >= 0.3 is 0 Å². The van der Waals surface area contributed by atoms with Gasteiger partial charge in [0.05, 0.1) is 0 Å². The van der Waals surface area contributed by atoms with Crippen molar-refractivity contribution in [1.82, 2.24) is 5.32 Å². The average Bonchev–Trinajstić information content (AvgIpc) is 2.34. The normalized spacial score (nSPS) is 10.1. The van der Waals surface area contributed by atoms with Gasteiger partial charge < -0.3 is 10.7 Å². The molecule has 4 nitrogen and oxygen atoms in total. The molecule has 0 aliphatic heterocycles. The molecular formula is C13H21N3O. The number of nitrogens with one attached hydrogen (secondary N) is 2. The van der Waals surface area contributed by atoms with Gasteiger partial charge in [-0.1, -0.05) is 19.8 Å². The molecule has 0 bridgehead atoms. The Hall–Kier alpha value is -1.55. The number of unbranched alkanes of at least 4 members (excludes halogenated alkanes) is 2. The van der Waals surface area contributed by atoms with Crippen LogP contribution in [0.1, 0.15) is 42.1 Å². The third kappa shape index (κ3) is 4.07. The van der Waals surface area contributed by atoms with Crippen molar-refractivity contribution in [3.05, 3.63) is 29.3 Å². The van der Waals surface area contributed by atoms with Crippen molar-refractivity contribution in [2.75, 3.05) is 12.0 Å². The molecule has 0 unspecified atom stereocenters. The van der Waals surface area contributed by atoms with Crippen molar-refractivity contribution < 1.29 is 4.79 Å². The molecule has 4 heteroatoms. The van der Waals surface area contributed by atoms with Crippen molar-refractivity contribution in [3.63, 3.8) is 0 Å². The number of hydrogen-bond acceptors (Lipinski definition) is 3. The molecule has 0 heterocycles. The number of anilines is 1. The minimum atomic E-state index is -0.0119. The molecule has 0 radical (unpaired) electrons. The van der Waals surface area contributed by atoms with Crippen molar-refractivity contribution in [2.45, 2.75) is 33.1 Å². The lowest BCUT2D eigenvalue weighted by molar-refractivity contribution is 0.0952. The second kappa shape index (κ2) is 6.91. The first-order valence-electron chi connectivity index (χ1n) is 6.04. The molecule has 0 aliphatic rings. The highest BCUT2D eigenvalue weighted by Crippen LogP contribution is 2.14. The van der Waals surface area contributed by atoms with E-state index in [1.807, 2.05) is 13.0 Å². The fourth-order valence-electron chi connectivity index (χ4n) is 1.68. The highest BCUT2D eigenvalue weighted by molar-refractivity contribution is 5.96. The van der Waals surface area contributed by atoms with Gasteiger partial charge in [-0.05, 0) is 37.1 Å². The first kappa shape index (κ1) is 13.5. The third-order valence-corrected chi connectivity index (χ3v) is 2.70. The summed E-state index contributed by atoms with van der Waals surface area (Å²) >= 11 is 0. The molecule has 1 amide bonds. The summed E-state index contributed by atoms with van der Waals surface area (Å²) in [5.74, 6) is 5.30. The SMILES string of the molecule is CCCCCNC(=O)c1ccc(NN)cc1C. The highest BCUT2D eigenvalue weighted by Gasteiger charge is 2.08. The number of carbonyl (C=O) groups excluding carboxylic acids is 1. The fraction of sp³-hybridized carbons (Fsp3) is 0.462. The minimum Gasteiger partial charge on any atom is -0.352 e. The van der Waals surface area contributed by atoms with Gasteiger partial charge in [-0.15, -0.1) is 0 Å². The zero-order valence-electron chi connectivity index (χ0n) is 10.5. The molecule has 0 spiro atoms. The summed E-state index contributed by atoms with van der Waals surface area (Å²) in [6.07, 6.45) is 3.34. The van der Waals surface area contributed by atoms with Crippen molar-refractivity contribution in [3.8, 4) is 0 Å². The zero-order chi connectivity index (χ0) is 12.7. The summed E-state index contributed by atoms with van der Waals surface area (Å²) in [5.41, 5.74) is 5.01. The van der Waals surface area contributed by atoms with Crippen LogP contribution in [0.25, 0.3) is 0 Å². The van der Waals surface area contributed by atoms with Crippen LogP contribution in [0.3, 0.4) is 0 Å². The van der Waals surface area contributed by atoms with E-state index < -0.39 is 0 Å². The molecule has 0 saturated carbocycles. The molecular weight excluding hydrogens is 214 g/mol. The van der Waals surface area contributed by atoms with Crippen LogP contribution < -0.4 is 16.6 Å². The van der Waals surface area contributed by atoms with Crippen LogP contribution >= 0.6 is 0 Å². The van der Waals surface area contributed by atoms with Crippen LogP contribution in [0, 0.1) is 6.92 Å². The Morgan fingerprint density at radius 1 is 1.35 bits per heavy atom. The Labute approximate surface area is 103 Å². The van der Waals surface area contributed by atoms with Crippen molar-refractivity contribution in [1.29, 1.82) is 0 Å². The van der Waals surface area contributed by atoms with E-state index in [1.54, 1.807) is 12.1 Å². The lowest BCUT2D eigenvalue weighted by Gasteiger charge is -2.09. The van der Waals surface area contributed by atoms with Crippen LogP contribution in [0.15, 0.2) is 18.2 Å². The van der Waals surface area contributed by atoms with E-state index in [0.29, 0.717) is 5.56 Å². The van der Waals surface area contributed by atoms with Gasteiger partial charge in [-0.3, -0.25) is 10.6 Å². The second-order valence-electron chi connectivity index (χ2n) is 4.14. The van der Waals surface area contributed by atoms with Crippen molar-refractivity contribution in [2.24, 2.45) is 5.84 Å². The molecule has 17 heavy (non-hydrogen) atoms. The Morgan fingerprint density at radius 3 is 2.71 bits per heavy atom. The number of amides is 1. The largest absolute Gasteiger partial charge is 0.352 e. The van der Waals surface area contributed by atoms with Gasteiger partial charge in [0.2, 0.25) is 0 Å². The van der Waals surface area contributed by atoms with Gasteiger partial charge in [0.15, 0.2) is 0 Å². The number of hydrazine groups is 1. The van der Waals surface area contributed by atoms with Gasteiger partial charge in [0, 0.05) is 17.8 Å². The quantitative estimate of drug-likeness (QED) is 0.402. The van der Waals surface area contributed by atoms with Gasteiger partial charge in [-0.25, -0.2) is 0 Å². The van der Waals surface area contributed by atoms with E-state index in [0.717, 1.165) is 37.1 Å². The lowest BCUT2D eigenvalue weighted by atomic mass is 10.1. The smallest absolute Gasteiger partial charge is 0.251 e.